The number of carbonyl (C=O) groups excluding carboxylic acids is 2. The molecule has 3 amide bonds. The van der Waals surface area contributed by atoms with Gasteiger partial charge in [0.05, 0.1) is 13.2 Å². The maximum Gasteiger partial charge on any atom is 0.325 e. The first-order valence-electron chi connectivity index (χ1n) is 10.3. The number of nitrogens with zero attached hydrogens (tertiary/aromatic N) is 1. The van der Waals surface area contributed by atoms with Crippen LogP contribution in [0.1, 0.15) is 45.7 Å². The molecule has 2 aromatic carbocycles. The van der Waals surface area contributed by atoms with Gasteiger partial charge in [-0.15, -0.1) is 0 Å². The molecule has 0 spiro atoms. The summed E-state index contributed by atoms with van der Waals surface area (Å²) in [5.41, 5.74) is 0.884. The molecule has 3 rings (SSSR count). The molecule has 2 aromatic rings. The van der Waals surface area contributed by atoms with Crippen LogP contribution in [0, 0.1) is 0 Å². The van der Waals surface area contributed by atoms with Gasteiger partial charge in [-0.3, -0.25) is 9.69 Å². The number of nitrogens with one attached hydrogen (secondary N) is 1. The quantitative estimate of drug-likeness (QED) is 0.694. The lowest BCUT2D eigenvalue weighted by molar-refractivity contribution is -0.131. The van der Waals surface area contributed by atoms with Gasteiger partial charge in [0.2, 0.25) is 0 Å². The summed E-state index contributed by atoms with van der Waals surface area (Å²) in [7, 11) is 0. The molecule has 6 heteroatoms. The van der Waals surface area contributed by atoms with Crippen LogP contribution in [0.4, 0.5) is 4.79 Å². The zero-order valence-electron chi connectivity index (χ0n) is 18.3. The first kappa shape index (κ1) is 21.7. The number of hydrogen-bond donors (Lipinski definition) is 1. The molecule has 6 nitrogen and oxygen atoms in total. The second kappa shape index (κ2) is 8.38. The standard InChI is InChI=1S/C24H30N2O4/c1-6-29-19-11-13-20(14-12-19)30-16-15-26-21(27)24(5,25-22(26)28)18-9-7-17(8-10-18)23(2,3)4/h7-14H,6,15-16H2,1-5H3,(H,25,28)/t24-/m1/s1. The van der Waals surface area contributed by atoms with E-state index in [1.54, 1.807) is 19.1 Å². The van der Waals surface area contributed by atoms with E-state index < -0.39 is 11.6 Å². The van der Waals surface area contributed by atoms with Gasteiger partial charge in [-0.2, -0.15) is 0 Å². The molecule has 1 aliphatic rings. The normalized spacial score (nSPS) is 19.0. The fourth-order valence-corrected chi connectivity index (χ4v) is 3.45. The highest BCUT2D eigenvalue weighted by molar-refractivity contribution is 6.07. The predicted octanol–water partition coefficient (Wildman–Crippen LogP) is 4.23. The molecule has 1 saturated heterocycles. The molecule has 0 saturated carbocycles. The molecule has 30 heavy (non-hydrogen) atoms. The van der Waals surface area contributed by atoms with Gasteiger partial charge in [-0.1, -0.05) is 45.0 Å². The summed E-state index contributed by atoms with van der Waals surface area (Å²) in [6.07, 6.45) is 0. The molecular formula is C24H30N2O4. The lowest BCUT2D eigenvalue weighted by atomic mass is 9.84. The molecule has 0 radical (unpaired) electrons. The van der Waals surface area contributed by atoms with Crippen LogP contribution in [0.25, 0.3) is 0 Å². The van der Waals surface area contributed by atoms with Crippen LogP contribution in [0.2, 0.25) is 0 Å². The second-order valence-corrected chi connectivity index (χ2v) is 8.59. The molecular weight excluding hydrogens is 380 g/mol. The Morgan fingerprint density at radius 1 is 0.933 bits per heavy atom. The van der Waals surface area contributed by atoms with Crippen LogP contribution in [0.15, 0.2) is 48.5 Å². The van der Waals surface area contributed by atoms with Gasteiger partial charge in [0.25, 0.3) is 5.91 Å². The first-order chi connectivity index (χ1) is 14.1. The Morgan fingerprint density at radius 2 is 1.50 bits per heavy atom. The van der Waals surface area contributed by atoms with E-state index in [9.17, 15) is 9.59 Å². The van der Waals surface area contributed by atoms with E-state index in [-0.39, 0.29) is 24.5 Å². The Labute approximate surface area is 178 Å². The Bertz CT molecular complexity index is 900. The maximum atomic E-state index is 13.0. The highest BCUT2D eigenvalue weighted by atomic mass is 16.5. The number of benzene rings is 2. The zero-order valence-corrected chi connectivity index (χ0v) is 18.3. The Morgan fingerprint density at radius 3 is 2.03 bits per heavy atom. The van der Waals surface area contributed by atoms with Crippen LogP contribution in [-0.2, 0) is 15.7 Å². The number of amides is 3. The number of imide groups is 1. The van der Waals surface area contributed by atoms with E-state index in [1.807, 2.05) is 43.3 Å². The highest BCUT2D eigenvalue weighted by Gasteiger charge is 2.48. The fraction of sp³-hybridized carbons (Fsp3) is 0.417. The Hall–Kier alpha value is -3.02. The zero-order chi connectivity index (χ0) is 21.9. The van der Waals surface area contributed by atoms with Gasteiger partial charge in [-0.05, 0) is 54.7 Å². The number of carbonyl (C=O) groups is 2. The summed E-state index contributed by atoms with van der Waals surface area (Å²) in [6.45, 7) is 11.1. The molecule has 1 N–H and O–H groups in total. The average Bonchev–Trinajstić information content (AvgIpc) is 2.93. The van der Waals surface area contributed by atoms with Crippen molar-refractivity contribution in [2.45, 2.75) is 45.6 Å². The van der Waals surface area contributed by atoms with Crippen LogP contribution < -0.4 is 14.8 Å². The largest absolute Gasteiger partial charge is 0.494 e. The van der Waals surface area contributed by atoms with E-state index >= 15 is 0 Å². The van der Waals surface area contributed by atoms with Gasteiger partial charge >= 0.3 is 6.03 Å². The van der Waals surface area contributed by atoms with Crippen molar-refractivity contribution in [1.82, 2.24) is 10.2 Å². The summed E-state index contributed by atoms with van der Waals surface area (Å²) < 4.78 is 11.1. The SMILES string of the molecule is CCOc1ccc(OCCN2C(=O)N[C@](C)(c3ccc(C(C)(C)C)cc3)C2=O)cc1. The topological polar surface area (TPSA) is 67.9 Å². The molecule has 1 fully saturated rings. The summed E-state index contributed by atoms with van der Waals surface area (Å²) in [6, 6.07) is 14.7. The third kappa shape index (κ3) is 4.42. The Kier molecular flexibility index (Phi) is 6.06. The van der Waals surface area contributed by atoms with Gasteiger partial charge in [-0.25, -0.2) is 4.79 Å². The number of ether oxygens (including phenoxy) is 2. The average molecular weight is 411 g/mol. The molecule has 1 aliphatic heterocycles. The number of rotatable bonds is 7. The monoisotopic (exact) mass is 410 g/mol. The van der Waals surface area contributed by atoms with Gasteiger partial charge in [0.1, 0.15) is 23.6 Å². The minimum Gasteiger partial charge on any atom is -0.494 e. The minimum absolute atomic E-state index is 0.0204. The van der Waals surface area contributed by atoms with Crippen LogP contribution >= 0.6 is 0 Å². The molecule has 1 atom stereocenters. The molecule has 0 aromatic heterocycles. The summed E-state index contributed by atoms with van der Waals surface area (Å²) in [4.78, 5) is 26.7. The first-order valence-corrected chi connectivity index (χ1v) is 10.3. The van der Waals surface area contributed by atoms with Gasteiger partial charge in [0.15, 0.2) is 0 Å². The van der Waals surface area contributed by atoms with Crippen molar-refractivity contribution >= 4 is 11.9 Å². The molecule has 0 aliphatic carbocycles. The predicted molar refractivity (Wildman–Crippen MR) is 116 cm³/mol. The van der Waals surface area contributed by atoms with Crippen LogP contribution in [0.3, 0.4) is 0 Å². The van der Waals surface area contributed by atoms with Crippen molar-refractivity contribution in [2.24, 2.45) is 0 Å². The molecule has 0 unspecified atom stereocenters. The van der Waals surface area contributed by atoms with Crippen molar-refractivity contribution < 1.29 is 19.1 Å². The van der Waals surface area contributed by atoms with Crippen molar-refractivity contribution in [2.75, 3.05) is 19.8 Å². The van der Waals surface area contributed by atoms with E-state index in [2.05, 4.69) is 26.1 Å². The molecule has 160 valence electrons. The third-order valence-electron chi connectivity index (χ3n) is 5.32. The molecule has 1 heterocycles. The third-order valence-corrected chi connectivity index (χ3v) is 5.32. The minimum atomic E-state index is -1.08. The number of urea groups is 1. The summed E-state index contributed by atoms with van der Waals surface area (Å²) in [5, 5.41) is 2.84. The lowest BCUT2D eigenvalue weighted by Crippen LogP contribution is -2.41. The van der Waals surface area contributed by atoms with Crippen molar-refractivity contribution in [3.63, 3.8) is 0 Å². The molecule has 0 bridgehead atoms. The lowest BCUT2D eigenvalue weighted by Gasteiger charge is -2.24. The van der Waals surface area contributed by atoms with E-state index in [1.165, 1.54) is 10.5 Å². The van der Waals surface area contributed by atoms with Crippen LogP contribution in [0.5, 0.6) is 11.5 Å². The smallest absolute Gasteiger partial charge is 0.325 e. The van der Waals surface area contributed by atoms with Crippen molar-refractivity contribution in [3.05, 3.63) is 59.7 Å². The fourth-order valence-electron chi connectivity index (χ4n) is 3.45. The summed E-state index contributed by atoms with van der Waals surface area (Å²) >= 11 is 0. The highest BCUT2D eigenvalue weighted by Crippen LogP contribution is 2.31. The van der Waals surface area contributed by atoms with E-state index in [0.29, 0.717) is 12.4 Å². The summed E-state index contributed by atoms with van der Waals surface area (Å²) in [5.74, 6) is 1.16. The Balaban J connectivity index is 1.64. The van der Waals surface area contributed by atoms with Gasteiger partial charge in [0, 0.05) is 0 Å². The number of hydrogen-bond acceptors (Lipinski definition) is 4. The van der Waals surface area contributed by atoms with Crippen LogP contribution in [-0.4, -0.2) is 36.6 Å². The second-order valence-electron chi connectivity index (χ2n) is 8.59. The van der Waals surface area contributed by atoms with Crippen molar-refractivity contribution in [1.29, 1.82) is 0 Å². The van der Waals surface area contributed by atoms with E-state index in [0.717, 1.165) is 11.3 Å². The maximum absolute atomic E-state index is 13.0. The van der Waals surface area contributed by atoms with Gasteiger partial charge < -0.3 is 14.8 Å². The van der Waals surface area contributed by atoms with E-state index in [4.69, 9.17) is 9.47 Å². The van der Waals surface area contributed by atoms with Crippen molar-refractivity contribution in [3.8, 4) is 11.5 Å².